The summed E-state index contributed by atoms with van der Waals surface area (Å²) < 4.78 is 0. The molecule has 1 aliphatic heterocycles. The monoisotopic (exact) mass is 278 g/mol. The number of benzene rings is 1. The molecular formula is C15H22N2OS. The fourth-order valence-electron chi connectivity index (χ4n) is 2.29. The predicted octanol–water partition coefficient (Wildman–Crippen LogP) is 2.52. The third-order valence-corrected chi connectivity index (χ3v) is 4.70. The Balaban J connectivity index is 2.20. The van der Waals surface area contributed by atoms with Gasteiger partial charge < -0.3 is 9.80 Å². The third kappa shape index (κ3) is 3.51. The molecule has 0 spiro atoms. The summed E-state index contributed by atoms with van der Waals surface area (Å²) in [5.41, 5.74) is 2.55. The van der Waals surface area contributed by atoms with Crippen LogP contribution in [0, 0.1) is 6.92 Å². The van der Waals surface area contributed by atoms with Crippen LogP contribution in [0.25, 0.3) is 0 Å². The van der Waals surface area contributed by atoms with Crippen LogP contribution in [0.4, 0.5) is 0 Å². The largest absolute Gasteiger partial charge is 0.325 e. The Kier molecular flexibility index (Phi) is 4.88. The van der Waals surface area contributed by atoms with E-state index in [-0.39, 0.29) is 11.3 Å². The lowest BCUT2D eigenvalue weighted by Gasteiger charge is -2.36. The van der Waals surface area contributed by atoms with E-state index in [0.29, 0.717) is 6.42 Å². The lowest BCUT2D eigenvalue weighted by molar-refractivity contribution is -0.132. The number of nitrogens with zero attached hydrogens (tertiary/aromatic N) is 2. The fraction of sp³-hybridized carbons (Fsp3) is 0.533. The van der Waals surface area contributed by atoms with Gasteiger partial charge >= 0.3 is 0 Å². The maximum Gasteiger partial charge on any atom is 0.224 e. The molecule has 1 saturated heterocycles. The first-order chi connectivity index (χ1) is 9.09. The maximum atomic E-state index is 12.2. The summed E-state index contributed by atoms with van der Waals surface area (Å²) in [6.07, 6.45) is 0.667. The van der Waals surface area contributed by atoms with Crippen molar-refractivity contribution in [3.8, 4) is 0 Å². The van der Waals surface area contributed by atoms with Crippen molar-refractivity contribution in [2.45, 2.75) is 18.7 Å². The van der Waals surface area contributed by atoms with E-state index >= 15 is 0 Å². The SMILES string of the molecule is Cc1ccccc1C1SCCC(=O)N1CCN(C)C. The Hall–Kier alpha value is -1.00. The molecular weight excluding hydrogens is 256 g/mol. The summed E-state index contributed by atoms with van der Waals surface area (Å²) in [6.45, 7) is 3.84. The summed E-state index contributed by atoms with van der Waals surface area (Å²) in [7, 11) is 4.09. The molecule has 1 aromatic rings. The minimum atomic E-state index is 0.183. The normalized spacial score (nSPS) is 20.1. The quantitative estimate of drug-likeness (QED) is 0.845. The maximum absolute atomic E-state index is 12.2. The van der Waals surface area contributed by atoms with E-state index < -0.39 is 0 Å². The molecule has 0 N–H and O–H groups in total. The van der Waals surface area contributed by atoms with Gasteiger partial charge in [0.2, 0.25) is 5.91 Å². The van der Waals surface area contributed by atoms with Crippen molar-refractivity contribution in [2.24, 2.45) is 0 Å². The lowest BCUT2D eigenvalue weighted by Crippen LogP contribution is -2.41. The highest BCUT2D eigenvalue weighted by Crippen LogP contribution is 2.38. The van der Waals surface area contributed by atoms with Gasteiger partial charge in [-0.15, -0.1) is 11.8 Å². The first kappa shape index (κ1) is 14.4. The number of rotatable bonds is 4. The molecule has 1 fully saturated rings. The molecule has 0 radical (unpaired) electrons. The molecule has 1 heterocycles. The van der Waals surface area contributed by atoms with Gasteiger partial charge in [-0.2, -0.15) is 0 Å². The van der Waals surface area contributed by atoms with E-state index in [1.165, 1.54) is 11.1 Å². The van der Waals surface area contributed by atoms with Crippen molar-refractivity contribution in [1.82, 2.24) is 9.80 Å². The molecule has 1 amide bonds. The third-order valence-electron chi connectivity index (χ3n) is 3.44. The van der Waals surface area contributed by atoms with Crippen LogP contribution in [0.3, 0.4) is 0 Å². The molecule has 1 aromatic carbocycles. The molecule has 1 unspecified atom stereocenters. The van der Waals surface area contributed by atoms with Gasteiger partial charge in [0.15, 0.2) is 0 Å². The van der Waals surface area contributed by atoms with E-state index in [9.17, 15) is 4.79 Å². The molecule has 3 nitrogen and oxygen atoms in total. The lowest BCUT2D eigenvalue weighted by atomic mass is 10.1. The summed E-state index contributed by atoms with van der Waals surface area (Å²) in [6, 6.07) is 8.39. The van der Waals surface area contributed by atoms with Crippen LogP contribution in [0.2, 0.25) is 0 Å². The second kappa shape index (κ2) is 6.44. The van der Waals surface area contributed by atoms with Gasteiger partial charge in [-0.25, -0.2) is 0 Å². The van der Waals surface area contributed by atoms with Gasteiger partial charge in [-0.3, -0.25) is 4.79 Å². The molecule has 104 valence electrons. The first-order valence-electron chi connectivity index (χ1n) is 6.71. The van der Waals surface area contributed by atoms with Crippen molar-refractivity contribution in [3.63, 3.8) is 0 Å². The Morgan fingerprint density at radius 2 is 2.11 bits per heavy atom. The van der Waals surface area contributed by atoms with Crippen molar-refractivity contribution >= 4 is 17.7 Å². The zero-order valence-corrected chi connectivity index (χ0v) is 12.7. The summed E-state index contributed by atoms with van der Waals surface area (Å²) in [5, 5.41) is 0.183. The smallest absolute Gasteiger partial charge is 0.224 e. The summed E-state index contributed by atoms with van der Waals surface area (Å²) in [4.78, 5) is 16.4. The number of aryl methyl sites for hydroxylation is 1. The molecule has 0 saturated carbocycles. The standard InChI is InChI=1S/C15H22N2OS/c1-12-6-4-5-7-13(12)15-17(10-9-16(2)3)14(18)8-11-19-15/h4-7,15H,8-11H2,1-3H3. The Labute approximate surface area is 120 Å². The van der Waals surface area contributed by atoms with Crippen molar-refractivity contribution in [2.75, 3.05) is 32.9 Å². The van der Waals surface area contributed by atoms with Crippen LogP contribution in [-0.2, 0) is 4.79 Å². The second-order valence-electron chi connectivity index (χ2n) is 5.22. The molecule has 19 heavy (non-hydrogen) atoms. The number of likely N-dealkylation sites (N-methyl/N-ethyl adjacent to an activating group) is 1. The molecule has 0 aliphatic carbocycles. The zero-order valence-electron chi connectivity index (χ0n) is 11.9. The average molecular weight is 278 g/mol. The van der Waals surface area contributed by atoms with Gasteiger partial charge in [-0.1, -0.05) is 24.3 Å². The zero-order chi connectivity index (χ0) is 13.8. The average Bonchev–Trinajstić information content (AvgIpc) is 2.37. The second-order valence-corrected chi connectivity index (χ2v) is 6.41. The van der Waals surface area contributed by atoms with Crippen LogP contribution in [0.1, 0.15) is 22.9 Å². The topological polar surface area (TPSA) is 23.6 Å². The highest BCUT2D eigenvalue weighted by molar-refractivity contribution is 7.99. The Bertz CT molecular complexity index is 448. The number of carbonyl (C=O) groups excluding carboxylic acids is 1. The van der Waals surface area contributed by atoms with Crippen LogP contribution >= 0.6 is 11.8 Å². The van der Waals surface area contributed by atoms with E-state index in [1.807, 2.05) is 30.8 Å². The van der Waals surface area contributed by atoms with E-state index in [1.54, 1.807) is 0 Å². The summed E-state index contributed by atoms with van der Waals surface area (Å²) in [5.74, 6) is 1.21. The van der Waals surface area contributed by atoms with E-state index in [2.05, 4.69) is 36.1 Å². The van der Waals surface area contributed by atoms with E-state index in [0.717, 1.165) is 18.8 Å². The number of carbonyl (C=O) groups is 1. The van der Waals surface area contributed by atoms with Gasteiger partial charge in [0.25, 0.3) is 0 Å². The fourth-order valence-corrected chi connectivity index (χ4v) is 3.66. The van der Waals surface area contributed by atoms with Crippen LogP contribution < -0.4 is 0 Å². The highest BCUT2D eigenvalue weighted by Gasteiger charge is 2.30. The van der Waals surface area contributed by atoms with Crippen LogP contribution in [0.15, 0.2) is 24.3 Å². The predicted molar refractivity (Wildman–Crippen MR) is 81.3 cm³/mol. The van der Waals surface area contributed by atoms with Crippen molar-refractivity contribution in [1.29, 1.82) is 0 Å². The number of hydrogen-bond acceptors (Lipinski definition) is 3. The number of amides is 1. The number of hydrogen-bond donors (Lipinski definition) is 0. The van der Waals surface area contributed by atoms with Gasteiger partial charge in [-0.05, 0) is 32.1 Å². The van der Waals surface area contributed by atoms with Gasteiger partial charge in [0.05, 0.1) is 0 Å². The van der Waals surface area contributed by atoms with E-state index in [4.69, 9.17) is 0 Å². The van der Waals surface area contributed by atoms with Gasteiger partial charge in [0.1, 0.15) is 5.37 Å². The van der Waals surface area contributed by atoms with Crippen LogP contribution in [-0.4, -0.2) is 48.6 Å². The molecule has 0 aromatic heterocycles. The summed E-state index contributed by atoms with van der Waals surface area (Å²) >= 11 is 1.88. The van der Waals surface area contributed by atoms with Crippen molar-refractivity contribution < 1.29 is 4.79 Å². The Morgan fingerprint density at radius 3 is 2.79 bits per heavy atom. The minimum Gasteiger partial charge on any atom is -0.325 e. The van der Waals surface area contributed by atoms with Crippen molar-refractivity contribution in [3.05, 3.63) is 35.4 Å². The number of thioether (sulfide) groups is 1. The molecule has 1 aliphatic rings. The first-order valence-corrected chi connectivity index (χ1v) is 7.76. The molecule has 4 heteroatoms. The Morgan fingerprint density at radius 1 is 1.37 bits per heavy atom. The molecule has 0 bridgehead atoms. The van der Waals surface area contributed by atoms with Gasteiger partial charge in [0, 0.05) is 25.3 Å². The minimum absolute atomic E-state index is 0.183. The molecule has 2 rings (SSSR count). The highest BCUT2D eigenvalue weighted by atomic mass is 32.2. The molecule has 1 atom stereocenters. The van der Waals surface area contributed by atoms with Crippen LogP contribution in [0.5, 0.6) is 0 Å².